The number of nitrogens with one attached hydrogen (secondary N) is 3. The summed E-state index contributed by atoms with van der Waals surface area (Å²) in [4.78, 5) is 50.3. The van der Waals surface area contributed by atoms with E-state index in [0.717, 1.165) is 5.69 Å². The molecule has 0 spiro atoms. The Balaban J connectivity index is 2.12. The lowest BCUT2D eigenvalue weighted by molar-refractivity contribution is -0.141. The first kappa shape index (κ1) is 24.6. The topological polar surface area (TPSA) is 130 Å². The smallest absolute Gasteiger partial charge is 0.407 e. The molecule has 0 saturated heterocycles. The zero-order chi connectivity index (χ0) is 23.2. The highest BCUT2D eigenvalue weighted by Crippen LogP contribution is 2.19. The third-order valence-corrected chi connectivity index (χ3v) is 5.01. The van der Waals surface area contributed by atoms with Gasteiger partial charge in [-0.2, -0.15) is 5.10 Å². The number of carbonyl (C=O) groups is 4. The predicted octanol–water partition coefficient (Wildman–Crippen LogP) is 1.96. The fourth-order valence-electron chi connectivity index (χ4n) is 3.35. The SMILES string of the molecule is CC(C)C(NC(=O)OCC(C)(C)C)C(=O)CC1Cc2cc(n[nH]2)CCCNC(=O)C1=O. The highest BCUT2D eigenvalue weighted by molar-refractivity contribution is 6.37. The van der Waals surface area contributed by atoms with Crippen LogP contribution in [0.2, 0.25) is 0 Å². The number of aryl methyl sites for hydroxylation is 1. The summed E-state index contributed by atoms with van der Waals surface area (Å²) in [6.45, 7) is 9.99. The van der Waals surface area contributed by atoms with Crippen LogP contribution < -0.4 is 10.6 Å². The fourth-order valence-corrected chi connectivity index (χ4v) is 3.35. The number of alkyl carbamates (subject to hydrolysis) is 1. The van der Waals surface area contributed by atoms with Gasteiger partial charge in [0.15, 0.2) is 5.78 Å². The normalized spacial score (nSPS) is 18.7. The number of nitrogens with zero attached hydrogens (tertiary/aromatic N) is 1. The molecular formula is C22H34N4O5. The maximum Gasteiger partial charge on any atom is 0.407 e. The number of ether oxygens (including phenoxy) is 1. The predicted molar refractivity (Wildman–Crippen MR) is 114 cm³/mol. The molecule has 0 saturated carbocycles. The second-order valence-corrected chi connectivity index (χ2v) is 9.68. The van der Waals surface area contributed by atoms with E-state index in [9.17, 15) is 19.2 Å². The fraction of sp³-hybridized carbons (Fsp3) is 0.682. The maximum atomic E-state index is 13.0. The van der Waals surface area contributed by atoms with Gasteiger partial charge in [-0.1, -0.05) is 34.6 Å². The minimum Gasteiger partial charge on any atom is -0.449 e. The van der Waals surface area contributed by atoms with E-state index < -0.39 is 29.7 Å². The first-order valence-electron chi connectivity index (χ1n) is 10.8. The summed E-state index contributed by atoms with van der Waals surface area (Å²) >= 11 is 0. The molecule has 2 rings (SSSR count). The van der Waals surface area contributed by atoms with E-state index in [0.29, 0.717) is 25.1 Å². The van der Waals surface area contributed by atoms with Crippen molar-refractivity contribution in [2.24, 2.45) is 17.3 Å². The van der Waals surface area contributed by atoms with E-state index in [-0.39, 0.29) is 36.6 Å². The minimum atomic E-state index is -0.840. The number of carbonyl (C=O) groups excluding carboxylic acids is 4. The molecular weight excluding hydrogens is 400 g/mol. The van der Waals surface area contributed by atoms with Crippen molar-refractivity contribution >= 4 is 23.6 Å². The zero-order valence-corrected chi connectivity index (χ0v) is 19.0. The molecule has 1 aliphatic rings. The number of rotatable bonds is 6. The summed E-state index contributed by atoms with van der Waals surface area (Å²) in [5.41, 5.74) is 1.35. The van der Waals surface area contributed by atoms with Crippen molar-refractivity contribution in [1.29, 1.82) is 0 Å². The van der Waals surface area contributed by atoms with Gasteiger partial charge in [-0.05, 0) is 36.7 Å². The van der Waals surface area contributed by atoms with Gasteiger partial charge in [0.25, 0.3) is 5.91 Å². The van der Waals surface area contributed by atoms with E-state index in [1.54, 1.807) is 13.8 Å². The molecule has 2 atom stereocenters. The van der Waals surface area contributed by atoms with Crippen molar-refractivity contribution < 1.29 is 23.9 Å². The van der Waals surface area contributed by atoms with Crippen LogP contribution in [-0.2, 0) is 32.0 Å². The van der Waals surface area contributed by atoms with Crippen molar-refractivity contribution in [3.63, 3.8) is 0 Å². The summed E-state index contributed by atoms with van der Waals surface area (Å²) in [5, 5.41) is 12.4. The molecule has 31 heavy (non-hydrogen) atoms. The largest absolute Gasteiger partial charge is 0.449 e. The second kappa shape index (κ2) is 10.5. The van der Waals surface area contributed by atoms with Gasteiger partial charge in [-0.3, -0.25) is 19.5 Å². The molecule has 0 fully saturated rings. The van der Waals surface area contributed by atoms with Gasteiger partial charge in [0, 0.05) is 24.6 Å². The summed E-state index contributed by atoms with van der Waals surface area (Å²) in [5.74, 6) is -2.68. The van der Waals surface area contributed by atoms with E-state index in [1.807, 2.05) is 26.8 Å². The van der Waals surface area contributed by atoms with Crippen molar-refractivity contribution in [3.8, 4) is 0 Å². The van der Waals surface area contributed by atoms with Crippen LogP contribution in [0.5, 0.6) is 0 Å². The Morgan fingerprint density at radius 3 is 2.65 bits per heavy atom. The van der Waals surface area contributed by atoms with E-state index in [1.165, 1.54) is 0 Å². The molecule has 1 aromatic rings. The number of fused-ring (bicyclic) bond motifs is 2. The minimum absolute atomic E-state index is 0.164. The molecule has 9 nitrogen and oxygen atoms in total. The highest BCUT2D eigenvalue weighted by atomic mass is 16.5. The van der Waals surface area contributed by atoms with Gasteiger partial charge >= 0.3 is 6.09 Å². The van der Waals surface area contributed by atoms with E-state index in [2.05, 4.69) is 20.8 Å². The number of ketones is 2. The number of H-pyrrole nitrogens is 1. The summed E-state index contributed by atoms with van der Waals surface area (Å²) in [6.07, 6.45) is 0.715. The van der Waals surface area contributed by atoms with Crippen LogP contribution in [0.25, 0.3) is 0 Å². The van der Waals surface area contributed by atoms with Gasteiger partial charge in [-0.15, -0.1) is 0 Å². The van der Waals surface area contributed by atoms with Crippen LogP contribution in [0, 0.1) is 17.3 Å². The molecule has 1 aromatic heterocycles. The zero-order valence-electron chi connectivity index (χ0n) is 19.0. The van der Waals surface area contributed by atoms with E-state index >= 15 is 0 Å². The first-order valence-corrected chi connectivity index (χ1v) is 10.8. The van der Waals surface area contributed by atoms with Crippen molar-refractivity contribution in [2.75, 3.05) is 13.2 Å². The Labute approximate surface area is 183 Å². The number of hydrogen-bond acceptors (Lipinski definition) is 6. The average Bonchev–Trinajstić information content (AvgIpc) is 3.11. The summed E-state index contributed by atoms with van der Waals surface area (Å²) < 4.78 is 5.22. The second-order valence-electron chi connectivity index (χ2n) is 9.68. The number of aromatic nitrogens is 2. The lowest BCUT2D eigenvalue weighted by Gasteiger charge is -2.24. The Morgan fingerprint density at radius 1 is 1.29 bits per heavy atom. The molecule has 172 valence electrons. The number of hydrogen-bond donors (Lipinski definition) is 3. The standard InChI is InChI=1S/C22H34N4O5/c1-13(2)18(24-21(30)31-12-22(3,4)5)17(27)10-14-9-16-11-15(25-26-16)7-6-8-23-20(29)19(14)28/h11,13-14,18H,6-10,12H2,1-5H3,(H,23,29)(H,24,30)(H,25,26). The molecule has 0 aromatic carbocycles. The van der Waals surface area contributed by atoms with Crippen LogP contribution in [0.3, 0.4) is 0 Å². The van der Waals surface area contributed by atoms with Gasteiger partial charge < -0.3 is 15.4 Å². The Hall–Kier alpha value is -2.71. The lowest BCUT2D eigenvalue weighted by Crippen LogP contribution is -2.47. The Kier molecular flexibility index (Phi) is 8.36. The van der Waals surface area contributed by atoms with Crippen molar-refractivity contribution in [2.45, 2.75) is 66.3 Å². The van der Waals surface area contributed by atoms with Crippen LogP contribution in [0.1, 0.15) is 58.8 Å². The number of Topliss-reactive ketones (excluding diaryl/α,β-unsaturated/α-hetero) is 2. The molecule has 2 unspecified atom stereocenters. The number of amides is 2. The summed E-state index contributed by atoms with van der Waals surface area (Å²) in [7, 11) is 0. The molecule has 0 aliphatic carbocycles. The van der Waals surface area contributed by atoms with Gasteiger partial charge in [0.2, 0.25) is 5.78 Å². The van der Waals surface area contributed by atoms with Gasteiger partial charge in [-0.25, -0.2) is 4.79 Å². The highest BCUT2D eigenvalue weighted by Gasteiger charge is 2.33. The third-order valence-electron chi connectivity index (χ3n) is 5.01. The van der Waals surface area contributed by atoms with Gasteiger partial charge in [0.05, 0.1) is 18.3 Å². The monoisotopic (exact) mass is 434 g/mol. The molecule has 0 radical (unpaired) electrons. The summed E-state index contributed by atoms with van der Waals surface area (Å²) in [6, 6.07) is 1.04. The van der Waals surface area contributed by atoms with Crippen molar-refractivity contribution in [1.82, 2.24) is 20.8 Å². The quantitative estimate of drug-likeness (QED) is 0.587. The van der Waals surface area contributed by atoms with Crippen LogP contribution >= 0.6 is 0 Å². The molecule has 3 N–H and O–H groups in total. The maximum absolute atomic E-state index is 13.0. The van der Waals surface area contributed by atoms with Crippen LogP contribution in [-0.4, -0.2) is 53.0 Å². The number of aromatic amines is 1. The van der Waals surface area contributed by atoms with Crippen LogP contribution in [0.15, 0.2) is 6.07 Å². The third kappa shape index (κ3) is 7.80. The molecule has 9 heteroatoms. The Bertz CT molecular complexity index is 809. The van der Waals surface area contributed by atoms with Crippen LogP contribution in [0.4, 0.5) is 4.79 Å². The van der Waals surface area contributed by atoms with E-state index in [4.69, 9.17) is 4.74 Å². The molecule has 2 amide bonds. The molecule has 1 aliphatic heterocycles. The lowest BCUT2D eigenvalue weighted by atomic mass is 9.87. The molecule has 2 heterocycles. The van der Waals surface area contributed by atoms with Gasteiger partial charge in [0.1, 0.15) is 0 Å². The average molecular weight is 435 g/mol. The molecule has 2 bridgehead atoms. The first-order chi connectivity index (χ1) is 14.5. The van der Waals surface area contributed by atoms with Crippen molar-refractivity contribution in [3.05, 3.63) is 17.5 Å². The Morgan fingerprint density at radius 2 is 2.00 bits per heavy atom.